The predicted molar refractivity (Wildman–Crippen MR) is 111 cm³/mol. The van der Waals surface area contributed by atoms with Crippen molar-refractivity contribution in [2.24, 2.45) is 5.92 Å². The molecule has 1 aromatic carbocycles. The third-order valence-electron chi connectivity index (χ3n) is 6.19. The number of hydrogen-bond acceptors (Lipinski definition) is 4. The van der Waals surface area contributed by atoms with Gasteiger partial charge >= 0.3 is 6.03 Å². The van der Waals surface area contributed by atoms with E-state index in [1.165, 1.54) is 0 Å². The third kappa shape index (κ3) is 3.90. The lowest BCUT2D eigenvalue weighted by Gasteiger charge is -2.41. The zero-order valence-electron chi connectivity index (χ0n) is 16.2. The van der Waals surface area contributed by atoms with Crippen LogP contribution >= 0.6 is 23.2 Å². The fourth-order valence-corrected chi connectivity index (χ4v) is 4.73. The Morgan fingerprint density at radius 1 is 1.21 bits per heavy atom. The van der Waals surface area contributed by atoms with Crippen molar-refractivity contribution in [2.45, 2.75) is 44.2 Å². The molecule has 29 heavy (non-hydrogen) atoms. The van der Waals surface area contributed by atoms with Gasteiger partial charge in [0.05, 0.1) is 10.0 Å². The SMILES string of the molecule is CC1CN(C(=O)CCC2(C3CC3)NC(=O)NC2=O)CCN1c1ccc(Cl)c(Cl)c1. The molecule has 3 fully saturated rings. The van der Waals surface area contributed by atoms with E-state index in [1.807, 2.05) is 17.0 Å². The molecule has 1 aliphatic carbocycles. The molecule has 0 spiro atoms. The van der Waals surface area contributed by atoms with Crippen molar-refractivity contribution in [2.75, 3.05) is 24.5 Å². The lowest BCUT2D eigenvalue weighted by Crippen LogP contribution is -2.54. The van der Waals surface area contributed by atoms with Gasteiger partial charge < -0.3 is 15.1 Å². The molecule has 0 radical (unpaired) electrons. The number of anilines is 1. The average molecular weight is 439 g/mol. The molecule has 2 aliphatic heterocycles. The van der Waals surface area contributed by atoms with E-state index >= 15 is 0 Å². The summed E-state index contributed by atoms with van der Waals surface area (Å²) in [5, 5.41) is 6.14. The Hall–Kier alpha value is -1.99. The molecule has 156 valence electrons. The van der Waals surface area contributed by atoms with E-state index in [1.54, 1.807) is 6.07 Å². The summed E-state index contributed by atoms with van der Waals surface area (Å²) >= 11 is 12.2. The molecule has 4 rings (SSSR count). The first-order valence-corrected chi connectivity index (χ1v) is 10.7. The van der Waals surface area contributed by atoms with Crippen LogP contribution in [-0.2, 0) is 9.59 Å². The van der Waals surface area contributed by atoms with Crippen LogP contribution in [0.25, 0.3) is 0 Å². The molecule has 2 unspecified atom stereocenters. The molecular formula is C20H24Cl2N4O3. The Labute approximate surface area is 179 Å². The summed E-state index contributed by atoms with van der Waals surface area (Å²) in [5.74, 6) is -0.151. The summed E-state index contributed by atoms with van der Waals surface area (Å²) in [5.41, 5.74) is 0.0669. The zero-order valence-corrected chi connectivity index (χ0v) is 17.7. The van der Waals surface area contributed by atoms with Crippen molar-refractivity contribution >= 4 is 46.7 Å². The molecular weight excluding hydrogens is 415 g/mol. The lowest BCUT2D eigenvalue weighted by atomic mass is 9.87. The maximum atomic E-state index is 12.8. The van der Waals surface area contributed by atoms with Crippen LogP contribution in [-0.4, -0.2) is 54.0 Å². The van der Waals surface area contributed by atoms with Crippen LogP contribution in [0.4, 0.5) is 10.5 Å². The van der Waals surface area contributed by atoms with E-state index in [2.05, 4.69) is 22.5 Å². The van der Waals surface area contributed by atoms with Gasteiger partial charge in [-0.1, -0.05) is 23.2 Å². The maximum absolute atomic E-state index is 12.8. The molecule has 4 amide bonds. The van der Waals surface area contributed by atoms with Crippen LogP contribution < -0.4 is 15.5 Å². The van der Waals surface area contributed by atoms with Gasteiger partial charge in [-0.05, 0) is 50.3 Å². The van der Waals surface area contributed by atoms with Crippen molar-refractivity contribution in [1.82, 2.24) is 15.5 Å². The van der Waals surface area contributed by atoms with Gasteiger partial charge in [0.25, 0.3) is 5.91 Å². The molecule has 1 saturated carbocycles. The third-order valence-corrected chi connectivity index (χ3v) is 6.93. The number of benzene rings is 1. The predicted octanol–water partition coefficient (Wildman–Crippen LogP) is 2.80. The Bertz CT molecular complexity index is 860. The van der Waals surface area contributed by atoms with Gasteiger partial charge in [0.15, 0.2) is 0 Å². The van der Waals surface area contributed by atoms with Crippen molar-refractivity contribution in [3.63, 3.8) is 0 Å². The minimum atomic E-state index is -0.916. The number of hydrogen-bond donors (Lipinski definition) is 2. The van der Waals surface area contributed by atoms with E-state index in [-0.39, 0.29) is 30.2 Å². The summed E-state index contributed by atoms with van der Waals surface area (Å²) in [6.45, 7) is 3.95. The van der Waals surface area contributed by atoms with Gasteiger partial charge in [0, 0.05) is 37.8 Å². The minimum Gasteiger partial charge on any atom is -0.365 e. The van der Waals surface area contributed by atoms with Crippen LogP contribution in [0.5, 0.6) is 0 Å². The number of urea groups is 1. The Kier molecular flexibility index (Phi) is 5.38. The van der Waals surface area contributed by atoms with Crippen LogP contribution in [0.1, 0.15) is 32.6 Å². The summed E-state index contributed by atoms with van der Waals surface area (Å²) < 4.78 is 0. The lowest BCUT2D eigenvalue weighted by molar-refractivity contribution is -0.133. The van der Waals surface area contributed by atoms with Crippen LogP contribution in [0.15, 0.2) is 18.2 Å². The minimum absolute atomic E-state index is 0.0135. The second-order valence-corrected chi connectivity index (χ2v) is 8.95. The highest BCUT2D eigenvalue weighted by molar-refractivity contribution is 6.42. The smallest absolute Gasteiger partial charge is 0.322 e. The largest absolute Gasteiger partial charge is 0.365 e. The Morgan fingerprint density at radius 2 is 1.97 bits per heavy atom. The molecule has 3 aliphatic rings. The molecule has 0 bridgehead atoms. The number of carbonyl (C=O) groups is 3. The van der Waals surface area contributed by atoms with E-state index in [9.17, 15) is 14.4 Å². The van der Waals surface area contributed by atoms with Crippen molar-refractivity contribution < 1.29 is 14.4 Å². The van der Waals surface area contributed by atoms with Gasteiger partial charge in [-0.25, -0.2) is 4.79 Å². The number of nitrogens with zero attached hydrogens (tertiary/aromatic N) is 2. The summed E-state index contributed by atoms with van der Waals surface area (Å²) in [6.07, 6.45) is 2.39. The zero-order chi connectivity index (χ0) is 20.8. The van der Waals surface area contributed by atoms with Gasteiger partial charge in [-0.3, -0.25) is 14.9 Å². The monoisotopic (exact) mass is 438 g/mol. The van der Waals surface area contributed by atoms with Crippen molar-refractivity contribution in [3.8, 4) is 0 Å². The topological polar surface area (TPSA) is 81.8 Å². The number of imide groups is 1. The first-order chi connectivity index (χ1) is 13.8. The number of carbonyl (C=O) groups excluding carboxylic acids is 3. The number of piperazine rings is 1. The highest BCUT2D eigenvalue weighted by atomic mass is 35.5. The fourth-order valence-electron chi connectivity index (χ4n) is 4.44. The Morgan fingerprint density at radius 3 is 2.55 bits per heavy atom. The number of halogens is 2. The van der Waals surface area contributed by atoms with E-state index in [0.29, 0.717) is 36.1 Å². The molecule has 7 nitrogen and oxygen atoms in total. The van der Waals surface area contributed by atoms with Gasteiger partial charge in [0.1, 0.15) is 5.54 Å². The molecule has 9 heteroatoms. The van der Waals surface area contributed by atoms with Crippen molar-refractivity contribution in [1.29, 1.82) is 0 Å². The quantitative estimate of drug-likeness (QED) is 0.692. The second-order valence-electron chi connectivity index (χ2n) is 8.13. The first-order valence-electron chi connectivity index (χ1n) is 9.93. The number of nitrogens with one attached hydrogen (secondary N) is 2. The maximum Gasteiger partial charge on any atom is 0.322 e. The van der Waals surface area contributed by atoms with Crippen LogP contribution in [0.3, 0.4) is 0 Å². The first kappa shape index (κ1) is 20.3. The second kappa shape index (κ2) is 7.69. The van der Waals surface area contributed by atoms with Gasteiger partial charge in [-0.2, -0.15) is 0 Å². The van der Waals surface area contributed by atoms with E-state index < -0.39 is 11.6 Å². The molecule has 2 atom stereocenters. The molecule has 1 aromatic rings. The van der Waals surface area contributed by atoms with Crippen LogP contribution in [0, 0.1) is 5.92 Å². The fraction of sp³-hybridized carbons (Fsp3) is 0.550. The number of rotatable bonds is 5. The van der Waals surface area contributed by atoms with Gasteiger partial charge in [0.2, 0.25) is 5.91 Å². The standard InChI is InChI=1S/C20H24Cl2N4O3/c1-12-11-25(8-9-26(12)14-4-5-15(21)16(22)10-14)17(27)6-7-20(13-2-3-13)18(28)23-19(29)24-20/h4-5,10,12-13H,2-3,6-9,11H2,1H3,(H2,23,24,28,29). The molecule has 2 saturated heterocycles. The van der Waals surface area contributed by atoms with Crippen molar-refractivity contribution in [3.05, 3.63) is 28.2 Å². The molecule has 0 aromatic heterocycles. The summed E-state index contributed by atoms with van der Waals surface area (Å²) in [6, 6.07) is 5.22. The summed E-state index contributed by atoms with van der Waals surface area (Å²) in [4.78, 5) is 40.9. The average Bonchev–Trinajstić information content (AvgIpc) is 3.48. The van der Waals surface area contributed by atoms with E-state index in [4.69, 9.17) is 23.2 Å². The van der Waals surface area contributed by atoms with Crippen LogP contribution in [0.2, 0.25) is 10.0 Å². The van der Waals surface area contributed by atoms with E-state index in [0.717, 1.165) is 18.5 Å². The summed E-state index contributed by atoms with van der Waals surface area (Å²) in [7, 11) is 0. The highest BCUT2D eigenvalue weighted by Crippen LogP contribution is 2.43. The van der Waals surface area contributed by atoms with Gasteiger partial charge in [-0.15, -0.1) is 0 Å². The normalized spacial score (nSPS) is 27.1. The highest BCUT2D eigenvalue weighted by Gasteiger charge is 2.55. The molecule has 2 heterocycles. The number of amides is 4. The Balaban J connectivity index is 1.36. The molecule has 2 N–H and O–H groups in total.